The molecule has 22 heavy (non-hydrogen) atoms. The summed E-state index contributed by atoms with van der Waals surface area (Å²) >= 11 is 0. The van der Waals surface area contributed by atoms with Gasteiger partial charge in [0.05, 0.1) is 6.61 Å². The Morgan fingerprint density at radius 3 is 2.36 bits per heavy atom. The van der Waals surface area contributed by atoms with E-state index in [0.29, 0.717) is 32.5 Å². The summed E-state index contributed by atoms with van der Waals surface area (Å²) in [5.74, 6) is -4.75. The summed E-state index contributed by atoms with van der Waals surface area (Å²) < 4.78 is 66.1. The molecule has 130 valence electrons. The summed E-state index contributed by atoms with van der Waals surface area (Å²) in [4.78, 5) is 11.3. The molecule has 0 N–H and O–H groups in total. The Hall–Kier alpha value is -0.890. The van der Waals surface area contributed by atoms with Crippen molar-refractivity contribution in [3.05, 3.63) is 0 Å². The number of halogens is 4. The topological polar surface area (TPSA) is 44.8 Å². The van der Waals surface area contributed by atoms with Gasteiger partial charge in [-0.25, -0.2) is 0 Å². The van der Waals surface area contributed by atoms with Crippen LogP contribution < -0.4 is 0 Å². The zero-order valence-corrected chi connectivity index (χ0v) is 12.7. The zero-order valence-electron chi connectivity index (χ0n) is 12.7. The van der Waals surface area contributed by atoms with E-state index in [1.165, 1.54) is 0 Å². The van der Waals surface area contributed by atoms with Gasteiger partial charge in [-0.3, -0.25) is 4.79 Å². The minimum atomic E-state index is -4.60. The molecule has 0 aliphatic carbocycles. The van der Waals surface area contributed by atoms with Gasteiger partial charge in [0, 0.05) is 26.6 Å². The van der Waals surface area contributed by atoms with Crippen molar-refractivity contribution in [3.63, 3.8) is 0 Å². The van der Waals surface area contributed by atoms with Gasteiger partial charge in [-0.2, -0.15) is 17.6 Å². The van der Waals surface area contributed by atoms with Crippen LogP contribution in [0.4, 0.5) is 17.6 Å². The van der Waals surface area contributed by atoms with Gasteiger partial charge in [0.25, 0.3) is 0 Å². The maximum absolute atomic E-state index is 13.2. The van der Waals surface area contributed by atoms with Crippen molar-refractivity contribution in [2.45, 2.75) is 57.7 Å². The van der Waals surface area contributed by atoms with Crippen LogP contribution in [0.5, 0.6) is 0 Å². The van der Waals surface area contributed by atoms with Gasteiger partial charge in [-0.1, -0.05) is 6.92 Å². The minimum Gasteiger partial charge on any atom is -0.460 e. The van der Waals surface area contributed by atoms with Gasteiger partial charge < -0.3 is 14.2 Å². The highest BCUT2D eigenvalue weighted by Gasteiger charge is 2.54. The normalized spacial score (nSPS) is 19.0. The third kappa shape index (κ3) is 6.08. The van der Waals surface area contributed by atoms with Crippen molar-refractivity contribution in [2.75, 3.05) is 19.8 Å². The van der Waals surface area contributed by atoms with E-state index < -0.39 is 30.7 Å². The third-order valence-electron chi connectivity index (χ3n) is 3.49. The van der Waals surface area contributed by atoms with E-state index in [2.05, 4.69) is 4.74 Å². The molecule has 0 radical (unpaired) electrons. The first-order valence-electron chi connectivity index (χ1n) is 7.32. The second kappa shape index (κ2) is 8.10. The highest BCUT2D eigenvalue weighted by molar-refractivity contribution is 5.69. The molecule has 0 aromatic carbocycles. The second-order valence-corrected chi connectivity index (χ2v) is 5.47. The van der Waals surface area contributed by atoms with Crippen LogP contribution in [0.25, 0.3) is 0 Å². The van der Waals surface area contributed by atoms with Crippen molar-refractivity contribution in [1.82, 2.24) is 0 Å². The molecule has 4 nitrogen and oxygen atoms in total. The fraction of sp³-hybridized carbons (Fsp3) is 0.929. The van der Waals surface area contributed by atoms with Gasteiger partial charge in [-0.05, 0) is 25.2 Å². The largest absolute Gasteiger partial charge is 0.460 e. The van der Waals surface area contributed by atoms with E-state index in [9.17, 15) is 22.4 Å². The number of carbonyl (C=O) groups excluding carboxylic acids is 1. The lowest BCUT2D eigenvalue weighted by molar-refractivity contribution is -0.346. The summed E-state index contributed by atoms with van der Waals surface area (Å²) in [5, 5.41) is 0. The summed E-state index contributed by atoms with van der Waals surface area (Å²) in [6, 6.07) is 0. The van der Waals surface area contributed by atoms with Gasteiger partial charge >= 0.3 is 18.0 Å². The van der Waals surface area contributed by atoms with Crippen molar-refractivity contribution < 1.29 is 36.6 Å². The lowest BCUT2D eigenvalue weighted by atomic mass is 9.94. The van der Waals surface area contributed by atoms with Crippen molar-refractivity contribution in [3.8, 4) is 0 Å². The molecule has 1 heterocycles. The summed E-state index contributed by atoms with van der Waals surface area (Å²) in [6.07, 6.45) is -3.78. The van der Waals surface area contributed by atoms with E-state index in [1.54, 1.807) is 6.92 Å². The highest BCUT2D eigenvalue weighted by Crippen LogP contribution is 2.35. The highest BCUT2D eigenvalue weighted by atomic mass is 19.3. The van der Waals surface area contributed by atoms with E-state index >= 15 is 0 Å². The Kier molecular flexibility index (Phi) is 7.05. The molecule has 1 unspecified atom stereocenters. The Balaban J connectivity index is 2.59. The van der Waals surface area contributed by atoms with Crippen molar-refractivity contribution in [1.29, 1.82) is 0 Å². The molecule has 1 fully saturated rings. The quantitative estimate of drug-likeness (QED) is 0.505. The zero-order chi connectivity index (χ0) is 16.8. The van der Waals surface area contributed by atoms with Crippen LogP contribution in [0.3, 0.4) is 0 Å². The molecule has 1 rings (SSSR count). The van der Waals surface area contributed by atoms with Crippen LogP contribution in [0.15, 0.2) is 0 Å². The van der Waals surface area contributed by atoms with Crippen LogP contribution in [-0.4, -0.2) is 43.9 Å². The predicted molar refractivity (Wildman–Crippen MR) is 69.9 cm³/mol. The van der Waals surface area contributed by atoms with Crippen LogP contribution in [0.1, 0.15) is 39.5 Å². The molecule has 0 aromatic rings. The molecular formula is C14H22F4O4. The molecule has 1 aliphatic heterocycles. The summed E-state index contributed by atoms with van der Waals surface area (Å²) in [6.45, 7) is 1.97. The first-order chi connectivity index (χ1) is 10.2. The minimum absolute atomic E-state index is 0.0740. The van der Waals surface area contributed by atoms with Crippen LogP contribution in [-0.2, 0) is 19.0 Å². The van der Waals surface area contributed by atoms with Crippen molar-refractivity contribution >= 4 is 5.97 Å². The van der Waals surface area contributed by atoms with E-state index in [0.717, 1.165) is 0 Å². The molecule has 0 saturated carbocycles. The molecule has 1 aliphatic rings. The van der Waals surface area contributed by atoms with E-state index in [-0.39, 0.29) is 19.3 Å². The molecule has 1 atom stereocenters. The first-order valence-corrected chi connectivity index (χ1v) is 7.32. The standard InChI is InChI=1S/C14H22F4O4/c1-3-12(19)22-11(8-10-4-6-20-7-5-10)9-21-14(17,18)13(2,15)16/h10-11H,3-9H2,1-2H3. The number of alkyl halides is 4. The van der Waals surface area contributed by atoms with Crippen LogP contribution in [0, 0.1) is 5.92 Å². The number of hydrogen-bond donors (Lipinski definition) is 0. The average molecular weight is 330 g/mol. The van der Waals surface area contributed by atoms with E-state index in [1.807, 2.05) is 0 Å². The lowest BCUT2D eigenvalue weighted by Crippen LogP contribution is -2.42. The molecule has 1 saturated heterocycles. The SMILES string of the molecule is CCC(=O)OC(COC(F)(F)C(C)(F)F)CC1CCOCC1. The number of carbonyl (C=O) groups is 1. The second-order valence-electron chi connectivity index (χ2n) is 5.47. The molecule has 0 amide bonds. The third-order valence-corrected chi connectivity index (χ3v) is 3.49. The Morgan fingerprint density at radius 2 is 1.86 bits per heavy atom. The van der Waals surface area contributed by atoms with E-state index in [4.69, 9.17) is 9.47 Å². The Morgan fingerprint density at radius 1 is 1.27 bits per heavy atom. The monoisotopic (exact) mass is 330 g/mol. The number of hydrogen-bond acceptors (Lipinski definition) is 4. The first kappa shape index (κ1) is 19.2. The average Bonchev–Trinajstić information content (AvgIpc) is 2.44. The molecule has 0 spiro atoms. The van der Waals surface area contributed by atoms with Gasteiger partial charge in [0.2, 0.25) is 0 Å². The number of esters is 1. The predicted octanol–water partition coefficient (Wildman–Crippen LogP) is 3.39. The van der Waals surface area contributed by atoms with Crippen LogP contribution in [0.2, 0.25) is 0 Å². The van der Waals surface area contributed by atoms with Crippen LogP contribution >= 0.6 is 0 Å². The maximum atomic E-state index is 13.2. The summed E-state index contributed by atoms with van der Waals surface area (Å²) in [7, 11) is 0. The number of rotatable bonds is 8. The molecular weight excluding hydrogens is 308 g/mol. The molecule has 0 bridgehead atoms. The Labute approximate surface area is 127 Å². The van der Waals surface area contributed by atoms with Crippen molar-refractivity contribution in [2.24, 2.45) is 5.92 Å². The lowest BCUT2D eigenvalue weighted by Gasteiger charge is -2.29. The fourth-order valence-corrected chi connectivity index (χ4v) is 2.10. The van der Waals surface area contributed by atoms with Gasteiger partial charge in [0.15, 0.2) is 0 Å². The molecule has 8 heteroatoms. The molecule has 0 aromatic heterocycles. The van der Waals surface area contributed by atoms with Gasteiger partial charge in [0.1, 0.15) is 6.10 Å². The summed E-state index contributed by atoms with van der Waals surface area (Å²) in [5.41, 5.74) is 0. The maximum Gasteiger partial charge on any atom is 0.419 e. The van der Waals surface area contributed by atoms with Gasteiger partial charge in [-0.15, -0.1) is 0 Å². The Bertz CT molecular complexity index is 351. The number of ether oxygens (including phenoxy) is 3. The fourth-order valence-electron chi connectivity index (χ4n) is 2.10. The smallest absolute Gasteiger partial charge is 0.419 e.